The van der Waals surface area contributed by atoms with Crippen LogP contribution in [-0.4, -0.2) is 54.0 Å². The van der Waals surface area contributed by atoms with Crippen LogP contribution in [0.5, 0.6) is 0 Å². The average Bonchev–Trinajstić information content (AvgIpc) is 3.00. The van der Waals surface area contributed by atoms with Crippen molar-refractivity contribution in [2.75, 3.05) is 26.2 Å². The van der Waals surface area contributed by atoms with E-state index in [2.05, 4.69) is 5.32 Å². The normalized spacial score (nSPS) is 19.4. The Morgan fingerprint density at radius 3 is 2.38 bits per heavy atom. The quantitative estimate of drug-likeness (QED) is 0.889. The molecule has 0 radical (unpaired) electrons. The summed E-state index contributed by atoms with van der Waals surface area (Å²) in [4.78, 5) is 29.3. The van der Waals surface area contributed by atoms with E-state index in [-0.39, 0.29) is 11.9 Å². The molecule has 24 heavy (non-hydrogen) atoms. The molecule has 1 aromatic rings. The lowest BCUT2D eigenvalue weighted by Gasteiger charge is -2.36. The number of hydrogen-bond donors (Lipinski definition) is 1. The molecule has 3 rings (SSSR count). The highest BCUT2D eigenvalue weighted by molar-refractivity contribution is 7.16. The maximum atomic E-state index is 12.3. The maximum absolute atomic E-state index is 12.3. The predicted molar refractivity (Wildman–Crippen MR) is 96.6 cm³/mol. The zero-order chi connectivity index (χ0) is 16.9. The number of piperazine rings is 1. The topological polar surface area (TPSA) is 52.7 Å². The number of nitrogens with one attached hydrogen (secondary N) is 1. The Hall–Kier alpha value is -1.27. The summed E-state index contributed by atoms with van der Waals surface area (Å²) in [6, 6.07) is 4.08. The fourth-order valence-electron chi connectivity index (χ4n) is 3.38. The molecule has 0 aromatic carbocycles. The molecule has 0 spiro atoms. The molecule has 1 aliphatic carbocycles. The minimum Gasteiger partial charge on any atom is -0.339 e. The van der Waals surface area contributed by atoms with E-state index in [4.69, 9.17) is 11.6 Å². The first-order valence-corrected chi connectivity index (χ1v) is 9.89. The molecule has 132 valence electrons. The molecule has 2 heterocycles. The molecule has 5 nitrogen and oxygen atoms in total. The summed E-state index contributed by atoms with van der Waals surface area (Å²) in [6.07, 6.45) is 6.27. The molecule has 1 N–H and O–H groups in total. The van der Waals surface area contributed by atoms with Crippen LogP contribution >= 0.6 is 22.9 Å². The molecule has 2 aliphatic rings. The van der Waals surface area contributed by atoms with Gasteiger partial charge in [0.05, 0.1) is 10.8 Å². The summed E-state index contributed by atoms with van der Waals surface area (Å²) in [5.41, 5.74) is 0. The van der Waals surface area contributed by atoms with Gasteiger partial charge in [-0.15, -0.1) is 11.3 Å². The van der Waals surface area contributed by atoms with E-state index in [0.717, 1.165) is 17.7 Å². The Kier molecular flexibility index (Phi) is 6.00. The fraction of sp³-hybridized carbons (Fsp3) is 0.647. The number of halogens is 1. The van der Waals surface area contributed by atoms with Crippen molar-refractivity contribution in [2.24, 2.45) is 0 Å². The highest BCUT2D eigenvalue weighted by atomic mass is 35.5. The molecule has 0 atom stereocenters. The second kappa shape index (κ2) is 8.21. The monoisotopic (exact) mass is 369 g/mol. The first-order valence-electron chi connectivity index (χ1n) is 8.69. The lowest BCUT2D eigenvalue weighted by Crippen LogP contribution is -2.54. The van der Waals surface area contributed by atoms with Gasteiger partial charge in [-0.3, -0.25) is 4.79 Å². The van der Waals surface area contributed by atoms with Crippen LogP contribution in [0.2, 0.25) is 4.34 Å². The lowest BCUT2D eigenvalue weighted by atomic mass is 9.96. The third-order valence-electron chi connectivity index (χ3n) is 4.81. The maximum Gasteiger partial charge on any atom is 0.317 e. The van der Waals surface area contributed by atoms with Gasteiger partial charge in [-0.25, -0.2) is 4.79 Å². The van der Waals surface area contributed by atoms with Crippen LogP contribution in [0.3, 0.4) is 0 Å². The van der Waals surface area contributed by atoms with Gasteiger partial charge in [0.1, 0.15) is 0 Å². The van der Waals surface area contributed by atoms with Gasteiger partial charge in [-0.1, -0.05) is 30.9 Å². The predicted octanol–water partition coefficient (Wildman–Crippen LogP) is 3.13. The Labute approximate surface area is 152 Å². The van der Waals surface area contributed by atoms with Crippen molar-refractivity contribution in [1.29, 1.82) is 0 Å². The van der Waals surface area contributed by atoms with Crippen molar-refractivity contribution < 1.29 is 9.59 Å². The largest absolute Gasteiger partial charge is 0.339 e. The molecular formula is C17H24ClN3O2S. The van der Waals surface area contributed by atoms with E-state index in [1.54, 1.807) is 0 Å². The van der Waals surface area contributed by atoms with Crippen LogP contribution in [0.15, 0.2) is 12.1 Å². The van der Waals surface area contributed by atoms with Gasteiger partial charge in [0.2, 0.25) is 5.91 Å². The number of urea groups is 1. The number of amides is 3. The summed E-state index contributed by atoms with van der Waals surface area (Å²) in [7, 11) is 0. The third kappa shape index (κ3) is 4.63. The van der Waals surface area contributed by atoms with Gasteiger partial charge >= 0.3 is 6.03 Å². The Bertz CT molecular complexity index is 578. The molecule has 7 heteroatoms. The molecule has 0 unspecified atom stereocenters. The molecule has 3 amide bonds. The second-order valence-corrected chi connectivity index (χ2v) is 8.33. The van der Waals surface area contributed by atoms with Gasteiger partial charge in [0.15, 0.2) is 0 Å². The van der Waals surface area contributed by atoms with Gasteiger partial charge in [0, 0.05) is 37.1 Å². The van der Waals surface area contributed by atoms with E-state index in [0.29, 0.717) is 43.0 Å². The summed E-state index contributed by atoms with van der Waals surface area (Å²) in [5, 5.41) is 3.15. The highest BCUT2D eigenvalue weighted by Crippen LogP contribution is 2.22. The number of hydrogen-bond acceptors (Lipinski definition) is 3. The van der Waals surface area contributed by atoms with Crippen LogP contribution in [-0.2, 0) is 11.2 Å². The summed E-state index contributed by atoms with van der Waals surface area (Å²) >= 11 is 7.35. The number of carbonyl (C=O) groups is 2. The van der Waals surface area contributed by atoms with E-state index < -0.39 is 0 Å². The lowest BCUT2D eigenvalue weighted by molar-refractivity contribution is -0.131. The van der Waals surface area contributed by atoms with Gasteiger partial charge in [-0.05, 0) is 25.0 Å². The molecule has 1 aliphatic heterocycles. The van der Waals surface area contributed by atoms with E-state index in [1.807, 2.05) is 21.9 Å². The molecule has 1 aromatic heterocycles. The van der Waals surface area contributed by atoms with Crippen molar-refractivity contribution in [3.8, 4) is 0 Å². The number of rotatable bonds is 3. The van der Waals surface area contributed by atoms with Crippen LogP contribution in [0.1, 0.15) is 37.0 Å². The number of nitrogens with zero attached hydrogens (tertiary/aromatic N) is 2. The first kappa shape index (κ1) is 17.5. The van der Waals surface area contributed by atoms with Crippen LogP contribution in [0.25, 0.3) is 0 Å². The first-order chi connectivity index (χ1) is 11.6. The van der Waals surface area contributed by atoms with Crippen molar-refractivity contribution in [1.82, 2.24) is 15.1 Å². The van der Waals surface area contributed by atoms with Crippen LogP contribution in [0, 0.1) is 0 Å². The molecular weight excluding hydrogens is 346 g/mol. The minimum absolute atomic E-state index is 0.0269. The minimum atomic E-state index is 0.0269. The van der Waals surface area contributed by atoms with Crippen molar-refractivity contribution >= 4 is 34.9 Å². The highest BCUT2D eigenvalue weighted by Gasteiger charge is 2.26. The summed E-state index contributed by atoms with van der Waals surface area (Å²) in [6.45, 7) is 2.43. The molecule has 1 saturated heterocycles. The Morgan fingerprint density at radius 1 is 1.08 bits per heavy atom. The number of carbonyl (C=O) groups excluding carboxylic acids is 2. The Balaban J connectivity index is 1.43. The molecule has 2 fully saturated rings. The SMILES string of the molecule is O=C(Cc1ccc(Cl)s1)N1CCN(C(=O)NC2CCCCC2)CC1. The van der Waals surface area contributed by atoms with Crippen molar-refractivity contribution in [3.05, 3.63) is 21.3 Å². The number of thiophene rings is 1. The van der Waals surface area contributed by atoms with E-state index in [9.17, 15) is 9.59 Å². The standard InChI is InChI=1S/C17H24ClN3O2S/c18-15-7-6-14(24-15)12-16(22)20-8-10-21(11-9-20)17(23)19-13-4-2-1-3-5-13/h6-7,13H,1-5,8-12H2,(H,19,23). The van der Waals surface area contributed by atoms with Crippen LogP contribution < -0.4 is 5.32 Å². The zero-order valence-corrected chi connectivity index (χ0v) is 15.4. The van der Waals surface area contributed by atoms with Crippen LogP contribution in [0.4, 0.5) is 4.79 Å². The van der Waals surface area contributed by atoms with Gasteiger partial charge < -0.3 is 15.1 Å². The van der Waals surface area contributed by atoms with Gasteiger partial charge in [-0.2, -0.15) is 0 Å². The smallest absolute Gasteiger partial charge is 0.317 e. The fourth-order valence-corrected chi connectivity index (χ4v) is 4.46. The third-order valence-corrected chi connectivity index (χ3v) is 6.04. The molecule has 1 saturated carbocycles. The van der Waals surface area contributed by atoms with Gasteiger partial charge in [0.25, 0.3) is 0 Å². The molecule has 0 bridgehead atoms. The zero-order valence-electron chi connectivity index (χ0n) is 13.8. The average molecular weight is 370 g/mol. The summed E-state index contributed by atoms with van der Waals surface area (Å²) in [5.74, 6) is 0.112. The Morgan fingerprint density at radius 2 is 1.75 bits per heavy atom. The van der Waals surface area contributed by atoms with Crippen molar-refractivity contribution in [3.63, 3.8) is 0 Å². The summed E-state index contributed by atoms with van der Waals surface area (Å²) < 4.78 is 0.710. The van der Waals surface area contributed by atoms with Crippen molar-refractivity contribution in [2.45, 2.75) is 44.6 Å². The van der Waals surface area contributed by atoms with E-state index >= 15 is 0 Å². The second-order valence-electron chi connectivity index (χ2n) is 6.53. The van der Waals surface area contributed by atoms with E-state index in [1.165, 1.54) is 30.6 Å².